The Labute approximate surface area is 113 Å². The normalized spacial score (nSPS) is 20.9. The van der Waals surface area contributed by atoms with Gasteiger partial charge in [0.05, 0.1) is 31.4 Å². The van der Waals surface area contributed by atoms with Gasteiger partial charge in [0, 0.05) is 39.0 Å². The number of rotatable bonds is 3. The van der Waals surface area contributed by atoms with Crippen LogP contribution >= 0.6 is 12.2 Å². The van der Waals surface area contributed by atoms with E-state index >= 15 is 0 Å². The molecule has 0 spiro atoms. The number of nitrogens with zero attached hydrogens (tertiary/aromatic N) is 2. The van der Waals surface area contributed by atoms with E-state index in [1.165, 1.54) is 0 Å². The number of carbonyl (C=O) groups excluding carboxylic acids is 1. The molecule has 1 amide bonds. The molecule has 6 heteroatoms. The lowest BCUT2D eigenvalue weighted by atomic mass is 10.2. The summed E-state index contributed by atoms with van der Waals surface area (Å²) in [5, 5.41) is 0. The van der Waals surface area contributed by atoms with E-state index < -0.39 is 0 Å². The van der Waals surface area contributed by atoms with Crippen LogP contribution in [0.4, 0.5) is 0 Å². The van der Waals surface area contributed by atoms with Gasteiger partial charge in [0.15, 0.2) is 0 Å². The van der Waals surface area contributed by atoms with Gasteiger partial charge in [-0.2, -0.15) is 0 Å². The maximum atomic E-state index is 12.0. The van der Waals surface area contributed by atoms with E-state index in [0.717, 1.165) is 31.3 Å². The van der Waals surface area contributed by atoms with Crippen LogP contribution in [0.1, 0.15) is 12.8 Å². The molecule has 5 nitrogen and oxygen atoms in total. The van der Waals surface area contributed by atoms with Crippen LogP contribution in [0.2, 0.25) is 0 Å². The predicted molar refractivity (Wildman–Crippen MR) is 71.6 cm³/mol. The number of hydrogen-bond donors (Lipinski definition) is 0. The van der Waals surface area contributed by atoms with Crippen LogP contribution in [0.3, 0.4) is 0 Å². The van der Waals surface area contributed by atoms with Crippen LogP contribution in [0, 0.1) is 0 Å². The Morgan fingerprint density at radius 1 is 0.889 bits per heavy atom. The molecular formula is C12H20N2O3S. The van der Waals surface area contributed by atoms with E-state index in [9.17, 15) is 4.79 Å². The highest BCUT2D eigenvalue weighted by atomic mass is 32.1. The molecule has 0 bridgehead atoms. The lowest BCUT2D eigenvalue weighted by molar-refractivity contribution is -0.135. The third-order valence-corrected chi connectivity index (χ3v) is 3.74. The van der Waals surface area contributed by atoms with Crippen molar-refractivity contribution in [3.63, 3.8) is 0 Å². The lowest BCUT2D eigenvalue weighted by Crippen LogP contribution is -2.42. The quantitative estimate of drug-likeness (QED) is 0.691. The molecule has 0 aromatic heterocycles. The zero-order chi connectivity index (χ0) is 12.8. The third-order valence-electron chi connectivity index (χ3n) is 3.28. The van der Waals surface area contributed by atoms with E-state index in [1.54, 1.807) is 0 Å². The van der Waals surface area contributed by atoms with Crippen molar-refractivity contribution in [3.05, 3.63) is 0 Å². The van der Waals surface area contributed by atoms with Gasteiger partial charge in [0.2, 0.25) is 5.91 Å². The van der Waals surface area contributed by atoms with Gasteiger partial charge in [-0.15, -0.1) is 0 Å². The Hall–Kier alpha value is -0.720. The van der Waals surface area contributed by atoms with Gasteiger partial charge in [-0.25, -0.2) is 0 Å². The van der Waals surface area contributed by atoms with Gasteiger partial charge in [0.1, 0.15) is 0 Å². The number of thiocarbonyl (C=S) groups is 1. The molecule has 18 heavy (non-hydrogen) atoms. The summed E-state index contributed by atoms with van der Waals surface area (Å²) in [6.07, 6.45) is 1.18. The van der Waals surface area contributed by atoms with Gasteiger partial charge in [-0.3, -0.25) is 4.79 Å². The molecule has 102 valence electrons. The largest absolute Gasteiger partial charge is 0.378 e. The van der Waals surface area contributed by atoms with Crippen molar-refractivity contribution in [1.82, 2.24) is 9.80 Å². The first kappa shape index (κ1) is 13.7. The van der Waals surface area contributed by atoms with Gasteiger partial charge in [0.25, 0.3) is 0 Å². The number of morpholine rings is 2. The van der Waals surface area contributed by atoms with Gasteiger partial charge < -0.3 is 19.3 Å². The molecule has 2 heterocycles. The molecule has 0 atom stereocenters. The fourth-order valence-corrected chi connectivity index (χ4v) is 2.44. The number of hydrogen-bond acceptors (Lipinski definition) is 4. The molecule has 2 aliphatic heterocycles. The van der Waals surface area contributed by atoms with Crippen molar-refractivity contribution in [3.8, 4) is 0 Å². The predicted octanol–water partition coefficient (Wildman–Crippen LogP) is 0.285. The van der Waals surface area contributed by atoms with E-state index in [4.69, 9.17) is 21.7 Å². The summed E-state index contributed by atoms with van der Waals surface area (Å²) in [5.74, 6) is 0.189. The monoisotopic (exact) mass is 272 g/mol. The Balaban J connectivity index is 1.69. The maximum absolute atomic E-state index is 12.0. The molecule has 0 aliphatic carbocycles. The molecule has 0 unspecified atom stereocenters. The lowest BCUT2D eigenvalue weighted by Gasteiger charge is -2.30. The highest BCUT2D eigenvalue weighted by molar-refractivity contribution is 7.80. The standard InChI is InChI=1S/C12H20N2O3S/c15-11(13-3-7-16-8-4-13)1-2-12(18)14-5-9-17-10-6-14/h1-10H2. The number of ether oxygens (including phenoxy) is 2. The van der Waals surface area contributed by atoms with Crippen molar-refractivity contribution in [2.75, 3.05) is 52.6 Å². The van der Waals surface area contributed by atoms with Crippen LogP contribution in [0.15, 0.2) is 0 Å². The molecule has 2 aliphatic rings. The van der Waals surface area contributed by atoms with Crippen molar-refractivity contribution in [2.24, 2.45) is 0 Å². The van der Waals surface area contributed by atoms with E-state index in [0.29, 0.717) is 39.1 Å². The smallest absolute Gasteiger partial charge is 0.223 e. The van der Waals surface area contributed by atoms with Gasteiger partial charge >= 0.3 is 0 Å². The minimum Gasteiger partial charge on any atom is -0.378 e. The second kappa shape index (κ2) is 7.01. The van der Waals surface area contributed by atoms with Crippen molar-refractivity contribution in [2.45, 2.75) is 12.8 Å². The summed E-state index contributed by atoms with van der Waals surface area (Å²) in [6, 6.07) is 0. The van der Waals surface area contributed by atoms with Gasteiger partial charge in [-0.1, -0.05) is 12.2 Å². The molecule has 2 saturated heterocycles. The van der Waals surface area contributed by atoms with Crippen LogP contribution in [0.25, 0.3) is 0 Å². The Morgan fingerprint density at radius 2 is 1.39 bits per heavy atom. The molecular weight excluding hydrogens is 252 g/mol. The Morgan fingerprint density at radius 3 is 1.94 bits per heavy atom. The number of carbonyl (C=O) groups is 1. The molecule has 0 N–H and O–H groups in total. The van der Waals surface area contributed by atoms with Crippen molar-refractivity contribution < 1.29 is 14.3 Å². The Bertz CT molecular complexity index is 270. The minimum atomic E-state index is 0.189. The SMILES string of the molecule is O=C(CCC(=S)N1CCOCC1)N1CCOCC1. The maximum Gasteiger partial charge on any atom is 0.223 e. The zero-order valence-electron chi connectivity index (χ0n) is 10.6. The molecule has 0 radical (unpaired) electrons. The summed E-state index contributed by atoms with van der Waals surface area (Å²) >= 11 is 5.37. The topological polar surface area (TPSA) is 42.0 Å². The van der Waals surface area contributed by atoms with Crippen LogP contribution in [0.5, 0.6) is 0 Å². The second-order valence-electron chi connectivity index (χ2n) is 4.49. The van der Waals surface area contributed by atoms with Crippen LogP contribution in [-0.4, -0.2) is 73.3 Å². The Kier molecular flexibility index (Phi) is 5.34. The average Bonchev–Trinajstić information content (AvgIpc) is 2.46. The number of amides is 1. The fourth-order valence-electron chi connectivity index (χ4n) is 2.16. The van der Waals surface area contributed by atoms with Crippen LogP contribution in [-0.2, 0) is 14.3 Å². The second-order valence-corrected chi connectivity index (χ2v) is 4.96. The minimum absolute atomic E-state index is 0.189. The van der Waals surface area contributed by atoms with E-state index in [1.807, 2.05) is 4.90 Å². The summed E-state index contributed by atoms with van der Waals surface area (Å²) < 4.78 is 10.5. The fraction of sp³-hybridized carbons (Fsp3) is 0.833. The molecule has 0 aromatic rings. The van der Waals surface area contributed by atoms with Crippen molar-refractivity contribution >= 4 is 23.1 Å². The highest BCUT2D eigenvalue weighted by Crippen LogP contribution is 2.07. The summed E-state index contributed by atoms with van der Waals surface area (Å²) in [4.78, 5) is 16.9. The van der Waals surface area contributed by atoms with Crippen LogP contribution < -0.4 is 0 Å². The molecule has 0 saturated carbocycles. The van der Waals surface area contributed by atoms with Crippen molar-refractivity contribution in [1.29, 1.82) is 0 Å². The summed E-state index contributed by atoms with van der Waals surface area (Å²) in [6.45, 7) is 5.90. The molecule has 0 aromatic carbocycles. The van der Waals surface area contributed by atoms with E-state index in [-0.39, 0.29) is 5.91 Å². The molecule has 2 fully saturated rings. The summed E-state index contributed by atoms with van der Waals surface area (Å²) in [5.41, 5.74) is 0. The first-order valence-electron chi connectivity index (χ1n) is 6.48. The van der Waals surface area contributed by atoms with E-state index in [2.05, 4.69) is 4.90 Å². The average molecular weight is 272 g/mol. The zero-order valence-corrected chi connectivity index (χ0v) is 11.4. The highest BCUT2D eigenvalue weighted by Gasteiger charge is 2.19. The first-order valence-corrected chi connectivity index (χ1v) is 6.89. The third kappa shape index (κ3) is 3.90. The first-order chi connectivity index (χ1) is 8.77. The van der Waals surface area contributed by atoms with Gasteiger partial charge in [-0.05, 0) is 0 Å². The molecule has 2 rings (SSSR count). The summed E-state index contributed by atoms with van der Waals surface area (Å²) in [7, 11) is 0.